The number of β-amino-alcohol motifs (C(OH)–C–C–N with tert-alkyl or cyclic N) is 1. The van der Waals surface area contributed by atoms with Gasteiger partial charge in [-0.25, -0.2) is 4.98 Å². The number of aliphatic hydroxyl groups excluding tert-OH is 1. The van der Waals surface area contributed by atoms with Crippen LogP contribution in [0.2, 0.25) is 0 Å². The second kappa shape index (κ2) is 4.85. The molecule has 1 saturated heterocycles. The molecule has 1 aliphatic heterocycles. The molecule has 1 fully saturated rings. The number of imidazole rings is 1. The zero-order valence-corrected chi connectivity index (χ0v) is 10.4. The maximum absolute atomic E-state index is 12.0. The molecular formula is C14H15N3O2. The first kappa shape index (κ1) is 11.9. The largest absolute Gasteiger partial charge is 0.389 e. The van der Waals surface area contributed by atoms with Crippen LogP contribution in [-0.4, -0.2) is 44.7 Å². The lowest BCUT2D eigenvalue weighted by molar-refractivity contribution is 0.00589. The van der Waals surface area contributed by atoms with Gasteiger partial charge in [-0.2, -0.15) is 0 Å². The van der Waals surface area contributed by atoms with Crippen LogP contribution < -0.4 is 0 Å². The molecule has 0 radical (unpaired) electrons. The van der Waals surface area contributed by atoms with E-state index in [-0.39, 0.29) is 12.0 Å². The van der Waals surface area contributed by atoms with E-state index in [1.807, 2.05) is 35.0 Å². The summed E-state index contributed by atoms with van der Waals surface area (Å²) in [5.74, 6) is -0.0144. The highest BCUT2D eigenvalue weighted by molar-refractivity contribution is 5.94. The molecule has 0 saturated carbocycles. The van der Waals surface area contributed by atoms with Crippen LogP contribution in [-0.2, 0) is 6.54 Å². The molecule has 0 bridgehead atoms. The fraction of sp³-hybridized carbons (Fsp3) is 0.286. The molecule has 1 N–H and O–H groups in total. The molecule has 1 aromatic carbocycles. The van der Waals surface area contributed by atoms with Crippen LogP contribution in [0.25, 0.3) is 0 Å². The summed E-state index contributed by atoms with van der Waals surface area (Å²) in [6.07, 6.45) is 5.05. The standard InChI is InChI=1S/C14H15N3O2/c18-13-8-17(9-13)14(19)12-3-1-11(2-4-12)7-16-6-5-15-10-16/h1-6,10,13,18H,7-9H2. The highest BCUT2D eigenvalue weighted by Crippen LogP contribution is 2.14. The number of rotatable bonds is 3. The summed E-state index contributed by atoms with van der Waals surface area (Å²) in [5, 5.41) is 9.20. The minimum atomic E-state index is -0.357. The van der Waals surface area contributed by atoms with Crippen LogP contribution in [0.5, 0.6) is 0 Å². The van der Waals surface area contributed by atoms with E-state index in [4.69, 9.17) is 0 Å². The van der Waals surface area contributed by atoms with Crippen molar-refractivity contribution in [2.75, 3.05) is 13.1 Å². The zero-order chi connectivity index (χ0) is 13.2. The summed E-state index contributed by atoms with van der Waals surface area (Å²) in [7, 11) is 0. The molecule has 19 heavy (non-hydrogen) atoms. The monoisotopic (exact) mass is 257 g/mol. The third-order valence-electron chi connectivity index (χ3n) is 3.27. The molecule has 3 rings (SSSR count). The molecule has 2 heterocycles. The third-order valence-corrected chi connectivity index (χ3v) is 3.27. The first-order valence-electron chi connectivity index (χ1n) is 6.24. The van der Waals surface area contributed by atoms with Crippen molar-refractivity contribution < 1.29 is 9.90 Å². The number of benzene rings is 1. The average Bonchev–Trinajstić information content (AvgIpc) is 2.88. The fourth-order valence-electron chi connectivity index (χ4n) is 2.15. The Labute approximate surface area is 111 Å². The SMILES string of the molecule is O=C(c1ccc(Cn2ccnc2)cc1)N1CC(O)C1. The maximum Gasteiger partial charge on any atom is 0.254 e. The van der Waals surface area contributed by atoms with Crippen molar-refractivity contribution >= 4 is 5.91 Å². The molecule has 5 nitrogen and oxygen atoms in total. The Kier molecular flexibility index (Phi) is 3.05. The lowest BCUT2D eigenvalue weighted by Gasteiger charge is -2.35. The molecule has 5 heteroatoms. The van der Waals surface area contributed by atoms with Crippen molar-refractivity contribution in [2.24, 2.45) is 0 Å². The van der Waals surface area contributed by atoms with Gasteiger partial charge in [-0.15, -0.1) is 0 Å². The van der Waals surface area contributed by atoms with Gasteiger partial charge in [-0.1, -0.05) is 12.1 Å². The van der Waals surface area contributed by atoms with Crippen molar-refractivity contribution in [1.82, 2.24) is 14.5 Å². The second-order valence-corrected chi connectivity index (χ2v) is 4.80. The van der Waals surface area contributed by atoms with E-state index in [9.17, 15) is 9.90 Å². The molecule has 1 aromatic heterocycles. The summed E-state index contributed by atoms with van der Waals surface area (Å²) >= 11 is 0. The van der Waals surface area contributed by atoms with Crippen molar-refractivity contribution in [3.05, 3.63) is 54.1 Å². The minimum Gasteiger partial charge on any atom is -0.389 e. The normalized spacial score (nSPS) is 15.3. The number of aromatic nitrogens is 2. The number of hydrogen-bond donors (Lipinski definition) is 1. The number of likely N-dealkylation sites (tertiary alicyclic amines) is 1. The lowest BCUT2D eigenvalue weighted by Crippen LogP contribution is -2.53. The van der Waals surface area contributed by atoms with E-state index >= 15 is 0 Å². The van der Waals surface area contributed by atoms with Gasteiger partial charge >= 0.3 is 0 Å². The Morgan fingerprint density at radius 2 is 2.05 bits per heavy atom. The summed E-state index contributed by atoms with van der Waals surface area (Å²) in [5.41, 5.74) is 1.79. The Hall–Kier alpha value is -2.14. The van der Waals surface area contributed by atoms with Gasteiger partial charge in [0.25, 0.3) is 5.91 Å². The van der Waals surface area contributed by atoms with Crippen molar-refractivity contribution in [3.8, 4) is 0 Å². The zero-order valence-electron chi connectivity index (χ0n) is 10.4. The van der Waals surface area contributed by atoms with E-state index in [1.165, 1.54) is 0 Å². The minimum absolute atomic E-state index is 0.0144. The van der Waals surface area contributed by atoms with E-state index in [2.05, 4.69) is 4.98 Å². The Balaban J connectivity index is 1.67. The molecule has 0 aliphatic carbocycles. The third kappa shape index (κ3) is 2.51. The first-order chi connectivity index (χ1) is 9.22. The van der Waals surface area contributed by atoms with Gasteiger partial charge in [0.1, 0.15) is 0 Å². The molecule has 0 unspecified atom stereocenters. The van der Waals surface area contributed by atoms with Crippen LogP contribution >= 0.6 is 0 Å². The van der Waals surface area contributed by atoms with Crippen molar-refractivity contribution in [3.63, 3.8) is 0 Å². The van der Waals surface area contributed by atoms with Gasteiger partial charge in [-0.05, 0) is 17.7 Å². The van der Waals surface area contributed by atoms with E-state index in [0.29, 0.717) is 18.7 Å². The number of carbonyl (C=O) groups is 1. The molecule has 98 valence electrons. The topological polar surface area (TPSA) is 58.4 Å². The number of amides is 1. The molecule has 0 atom stereocenters. The summed E-state index contributed by atoms with van der Waals surface area (Å²) in [4.78, 5) is 17.6. The Morgan fingerprint density at radius 3 is 2.63 bits per heavy atom. The number of hydrogen-bond acceptors (Lipinski definition) is 3. The van der Waals surface area contributed by atoms with Gasteiger partial charge in [0, 0.05) is 37.6 Å². The summed E-state index contributed by atoms with van der Waals surface area (Å²) < 4.78 is 1.97. The van der Waals surface area contributed by atoms with Gasteiger partial charge in [0.15, 0.2) is 0 Å². The number of nitrogens with zero attached hydrogens (tertiary/aromatic N) is 3. The van der Waals surface area contributed by atoms with Crippen LogP contribution in [0.1, 0.15) is 15.9 Å². The van der Waals surface area contributed by atoms with E-state index in [1.54, 1.807) is 17.4 Å². The van der Waals surface area contributed by atoms with Gasteiger partial charge in [0.05, 0.1) is 12.4 Å². The van der Waals surface area contributed by atoms with Crippen molar-refractivity contribution in [1.29, 1.82) is 0 Å². The molecule has 1 aliphatic rings. The van der Waals surface area contributed by atoms with Crippen LogP contribution in [0.3, 0.4) is 0 Å². The van der Waals surface area contributed by atoms with Crippen LogP contribution in [0.15, 0.2) is 43.0 Å². The Bertz CT molecular complexity index is 557. The number of carbonyl (C=O) groups excluding carboxylic acids is 1. The lowest BCUT2D eigenvalue weighted by atomic mass is 10.1. The highest BCUT2D eigenvalue weighted by atomic mass is 16.3. The summed E-state index contributed by atoms with van der Waals surface area (Å²) in [6.45, 7) is 1.63. The Morgan fingerprint density at radius 1 is 1.32 bits per heavy atom. The highest BCUT2D eigenvalue weighted by Gasteiger charge is 2.29. The first-order valence-corrected chi connectivity index (χ1v) is 6.24. The average molecular weight is 257 g/mol. The van der Waals surface area contributed by atoms with Crippen molar-refractivity contribution in [2.45, 2.75) is 12.6 Å². The molecule has 0 spiro atoms. The van der Waals surface area contributed by atoms with Crippen LogP contribution in [0.4, 0.5) is 0 Å². The molecule has 2 aromatic rings. The number of aliphatic hydroxyl groups is 1. The smallest absolute Gasteiger partial charge is 0.254 e. The fourth-order valence-corrected chi connectivity index (χ4v) is 2.15. The predicted molar refractivity (Wildman–Crippen MR) is 69.7 cm³/mol. The van der Waals surface area contributed by atoms with Crippen LogP contribution in [0, 0.1) is 0 Å². The quantitative estimate of drug-likeness (QED) is 0.882. The van der Waals surface area contributed by atoms with E-state index in [0.717, 1.165) is 12.1 Å². The van der Waals surface area contributed by atoms with Gasteiger partial charge in [0.2, 0.25) is 0 Å². The summed E-state index contributed by atoms with van der Waals surface area (Å²) in [6, 6.07) is 7.56. The molecular weight excluding hydrogens is 242 g/mol. The van der Waals surface area contributed by atoms with E-state index < -0.39 is 0 Å². The second-order valence-electron chi connectivity index (χ2n) is 4.80. The van der Waals surface area contributed by atoms with Gasteiger partial charge in [-0.3, -0.25) is 4.79 Å². The predicted octanol–water partition coefficient (Wildman–Crippen LogP) is 0.748. The molecule has 1 amide bonds. The maximum atomic E-state index is 12.0. The van der Waals surface area contributed by atoms with Gasteiger partial charge < -0.3 is 14.6 Å².